The molecule has 0 radical (unpaired) electrons. The van der Waals surface area contributed by atoms with Gasteiger partial charge in [0.15, 0.2) is 0 Å². The first-order valence-corrected chi connectivity index (χ1v) is 6.28. The van der Waals surface area contributed by atoms with Crippen molar-refractivity contribution in [3.8, 4) is 5.75 Å². The van der Waals surface area contributed by atoms with Crippen LogP contribution in [0.15, 0.2) is 23.1 Å². The van der Waals surface area contributed by atoms with Crippen LogP contribution in [-0.4, -0.2) is 23.7 Å². The summed E-state index contributed by atoms with van der Waals surface area (Å²) in [6, 6.07) is 5.47. The van der Waals surface area contributed by atoms with Crippen molar-refractivity contribution in [2.75, 3.05) is 23.4 Å². The van der Waals surface area contributed by atoms with Gasteiger partial charge in [-0.05, 0) is 30.1 Å². The first-order chi connectivity index (χ1) is 6.81. The lowest BCUT2D eigenvalue weighted by Gasteiger charge is -2.30. The number of nitrogens with zero attached hydrogens (tertiary/aromatic N) is 1. The Morgan fingerprint density at radius 1 is 1.57 bits per heavy atom. The van der Waals surface area contributed by atoms with Crippen LogP contribution in [-0.2, 0) is 0 Å². The molecular formula is C9H11BrN2OS. The minimum absolute atomic E-state index is 0.318. The Morgan fingerprint density at radius 2 is 2.43 bits per heavy atom. The van der Waals surface area contributed by atoms with Gasteiger partial charge in [-0.1, -0.05) is 15.9 Å². The summed E-state index contributed by atoms with van der Waals surface area (Å²) in [4.78, 5) is 3.32. The number of rotatable bonds is 2. The second kappa shape index (κ2) is 4.42. The fourth-order valence-corrected chi connectivity index (χ4v) is 2.71. The number of nitrogens with one attached hydrogen (secondary N) is 1. The normalized spacial score (nSPS) is 15.4. The van der Waals surface area contributed by atoms with Gasteiger partial charge in [-0.15, -0.1) is 0 Å². The standard InChI is InChI=1S/C9H11BrN2OS/c10-3-4-12-6-11-14-9-5-7(13)1-2-8(9)12/h1-2,5,11,13H,3-4,6H2. The predicted molar refractivity (Wildman–Crippen MR) is 63.1 cm³/mol. The third-order valence-corrected chi connectivity index (χ3v) is 3.25. The van der Waals surface area contributed by atoms with E-state index >= 15 is 0 Å². The predicted octanol–water partition coefficient (Wildman–Crippen LogP) is 2.16. The van der Waals surface area contributed by atoms with Crippen molar-refractivity contribution >= 4 is 33.6 Å². The number of anilines is 1. The molecule has 76 valence electrons. The fourth-order valence-electron chi connectivity index (χ4n) is 1.42. The molecule has 0 saturated heterocycles. The molecule has 1 aromatic carbocycles. The van der Waals surface area contributed by atoms with Gasteiger partial charge >= 0.3 is 0 Å². The molecule has 0 bridgehead atoms. The molecule has 1 aliphatic rings. The summed E-state index contributed by atoms with van der Waals surface area (Å²) in [5.74, 6) is 0.318. The van der Waals surface area contributed by atoms with E-state index in [1.807, 2.05) is 6.07 Å². The third-order valence-electron chi connectivity index (χ3n) is 2.08. The number of phenolic OH excluding ortho intramolecular Hbond substituents is 1. The fraction of sp³-hybridized carbons (Fsp3) is 0.333. The average molecular weight is 275 g/mol. The van der Waals surface area contributed by atoms with Crippen LogP contribution in [0.3, 0.4) is 0 Å². The number of hydrogen-bond donors (Lipinski definition) is 2. The van der Waals surface area contributed by atoms with Gasteiger partial charge in [0.1, 0.15) is 5.75 Å². The number of alkyl halides is 1. The Kier molecular flexibility index (Phi) is 3.20. The van der Waals surface area contributed by atoms with E-state index < -0.39 is 0 Å². The molecule has 2 rings (SSSR count). The van der Waals surface area contributed by atoms with Crippen molar-refractivity contribution < 1.29 is 5.11 Å². The Labute approximate surface area is 95.8 Å². The van der Waals surface area contributed by atoms with E-state index in [0.29, 0.717) is 5.75 Å². The highest BCUT2D eigenvalue weighted by Gasteiger charge is 2.16. The SMILES string of the molecule is Oc1ccc2c(c1)SNCN2CCBr. The molecule has 0 unspecified atom stereocenters. The summed E-state index contributed by atoms with van der Waals surface area (Å²) in [6.07, 6.45) is 0. The molecule has 1 aliphatic heterocycles. The van der Waals surface area contributed by atoms with Crippen molar-refractivity contribution in [3.63, 3.8) is 0 Å². The molecule has 0 fully saturated rings. The van der Waals surface area contributed by atoms with Crippen molar-refractivity contribution in [2.24, 2.45) is 0 Å². The molecule has 3 nitrogen and oxygen atoms in total. The zero-order valence-electron chi connectivity index (χ0n) is 7.53. The number of fused-ring (bicyclic) bond motifs is 1. The van der Waals surface area contributed by atoms with Gasteiger partial charge in [-0.2, -0.15) is 0 Å². The first kappa shape index (κ1) is 10.1. The number of aromatic hydroxyl groups is 1. The van der Waals surface area contributed by atoms with E-state index in [4.69, 9.17) is 0 Å². The topological polar surface area (TPSA) is 35.5 Å². The molecule has 2 N–H and O–H groups in total. The summed E-state index contributed by atoms with van der Waals surface area (Å²) >= 11 is 4.99. The minimum atomic E-state index is 0.318. The van der Waals surface area contributed by atoms with Crippen LogP contribution >= 0.6 is 27.9 Å². The molecule has 0 aromatic heterocycles. The summed E-state index contributed by atoms with van der Waals surface area (Å²) in [5.41, 5.74) is 1.19. The molecule has 0 amide bonds. The molecule has 1 aromatic rings. The smallest absolute Gasteiger partial charge is 0.116 e. The van der Waals surface area contributed by atoms with Gasteiger partial charge in [-0.25, -0.2) is 4.72 Å². The molecule has 1 heterocycles. The lowest BCUT2D eigenvalue weighted by Crippen LogP contribution is -2.36. The van der Waals surface area contributed by atoms with Crippen LogP contribution in [0.4, 0.5) is 5.69 Å². The van der Waals surface area contributed by atoms with Gasteiger partial charge in [0.25, 0.3) is 0 Å². The average Bonchev–Trinajstić information content (AvgIpc) is 2.18. The van der Waals surface area contributed by atoms with E-state index in [1.54, 1.807) is 24.1 Å². The van der Waals surface area contributed by atoms with Crippen LogP contribution in [0.5, 0.6) is 5.75 Å². The van der Waals surface area contributed by atoms with E-state index in [0.717, 1.165) is 23.4 Å². The number of benzene rings is 1. The van der Waals surface area contributed by atoms with Gasteiger partial charge < -0.3 is 10.0 Å². The van der Waals surface area contributed by atoms with Crippen LogP contribution in [0.25, 0.3) is 0 Å². The van der Waals surface area contributed by atoms with E-state index in [2.05, 4.69) is 25.6 Å². The lowest BCUT2D eigenvalue weighted by molar-refractivity contribution is 0.473. The molecule has 0 spiro atoms. The maximum Gasteiger partial charge on any atom is 0.116 e. The van der Waals surface area contributed by atoms with E-state index in [9.17, 15) is 5.11 Å². The summed E-state index contributed by atoms with van der Waals surface area (Å²) in [5, 5.41) is 10.3. The molecule has 5 heteroatoms. The van der Waals surface area contributed by atoms with E-state index in [1.165, 1.54) is 5.69 Å². The highest BCUT2D eigenvalue weighted by molar-refractivity contribution is 9.09. The van der Waals surface area contributed by atoms with Gasteiger partial charge in [0, 0.05) is 16.8 Å². The van der Waals surface area contributed by atoms with Crippen LogP contribution in [0.1, 0.15) is 0 Å². The Hall–Kier alpha value is -0.390. The largest absolute Gasteiger partial charge is 0.508 e. The van der Waals surface area contributed by atoms with Crippen LogP contribution in [0.2, 0.25) is 0 Å². The summed E-state index contributed by atoms with van der Waals surface area (Å²) in [6.45, 7) is 1.80. The number of halogens is 1. The quantitative estimate of drug-likeness (QED) is 0.640. The highest BCUT2D eigenvalue weighted by atomic mass is 79.9. The van der Waals surface area contributed by atoms with Crippen molar-refractivity contribution in [1.29, 1.82) is 0 Å². The maximum atomic E-state index is 9.34. The first-order valence-electron chi connectivity index (χ1n) is 4.35. The molecular weight excluding hydrogens is 264 g/mol. The van der Waals surface area contributed by atoms with Crippen molar-refractivity contribution in [1.82, 2.24) is 4.72 Å². The lowest BCUT2D eigenvalue weighted by atomic mass is 10.2. The second-order valence-electron chi connectivity index (χ2n) is 3.01. The second-order valence-corrected chi connectivity index (χ2v) is 4.73. The molecule has 0 atom stereocenters. The molecule has 0 saturated carbocycles. The van der Waals surface area contributed by atoms with Crippen molar-refractivity contribution in [2.45, 2.75) is 4.90 Å². The zero-order valence-corrected chi connectivity index (χ0v) is 9.94. The van der Waals surface area contributed by atoms with Crippen LogP contribution in [0, 0.1) is 0 Å². The third kappa shape index (κ3) is 1.99. The monoisotopic (exact) mass is 274 g/mol. The Bertz CT molecular complexity index is 335. The van der Waals surface area contributed by atoms with Crippen molar-refractivity contribution in [3.05, 3.63) is 18.2 Å². The maximum absolute atomic E-state index is 9.34. The molecule has 14 heavy (non-hydrogen) atoms. The Morgan fingerprint density at radius 3 is 3.21 bits per heavy atom. The Balaban J connectivity index is 2.30. The van der Waals surface area contributed by atoms with Gasteiger partial charge in [0.2, 0.25) is 0 Å². The summed E-state index contributed by atoms with van der Waals surface area (Å²) in [7, 11) is 0. The molecule has 0 aliphatic carbocycles. The van der Waals surface area contributed by atoms with Gasteiger partial charge in [0.05, 0.1) is 12.4 Å². The van der Waals surface area contributed by atoms with E-state index in [-0.39, 0.29) is 0 Å². The number of hydrogen-bond acceptors (Lipinski definition) is 4. The minimum Gasteiger partial charge on any atom is -0.508 e. The highest BCUT2D eigenvalue weighted by Crippen LogP contribution is 2.34. The van der Waals surface area contributed by atoms with Crippen LogP contribution < -0.4 is 9.62 Å². The number of phenols is 1. The summed E-state index contributed by atoms with van der Waals surface area (Å²) < 4.78 is 3.21. The zero-order chi connectivity index (χ0) is 9.97. The van der Waals surface area contributed by atoms with Gasteiger partial charge in [-0.3, -0.25) is 0 Å².